The van der Waals surface area contributed by atoms with E-state index < -0.39 is 5.82 Å². The van der Waals surface area contributed by atoms with Crippen LogP contribution in [0.4, 0.5) is 15.9 Å². The SMILES string of the molecule is C=CCCc1ccc(-c2cnc3c(Nc4ccc(C(=C)N5CCN(C(=C)C6CCNCC6)CC5)c(C)c4)nccn23)c(Cl)c1F. The van der Waals surface area contributed by atoms with Crippen LogP contribution in [0.25, 0.3) is 22.6 Å². The zero-order chi connectivity index (χ0) is 31.5. The van der Waals surface area contributed by atoms with Crippen LogP contribution in [0, 0.1) is 18.7 Å². The number of aromatic nitrogens is 3. The molecule has 2 aromatic heterocycles. The van der Waals surface area contributed by atoms with Gasteiger partial charge in [0, 0.05) is 72.7 Å². The number of rotatable bonds is 10. The fraction of sp³-hybridized carbons (Fsp3) is 0.333. The van der Waals surface area contributed by atoms with E-state index in [4.69, 9.17) is 11.6 Å². The first kappa shape index (κ1) is 30.9. The predicted molar refractivity (Wildman–Crippen MR) is 183 cm³/mol. The highest BCUT2D eigenvalue weighted by Crippen LogP contribution is 2.34. The molecule has 0 amide bonds. The van der Waals surface area contributed by atoms with Gasteiger partial charge < -0.3 is 20.4 Å². The first-order valence-corrected chi connectivity index (χ1v) is 16.1. The van der Waals surface area contributed by atoms with Gasteiger partial charge in [-0.25, -0.2) is 14.4 Å². The van der Waals surface area contributed by atoms with E-state index in [1.54, 1.807) is 24.5 Å². The Kier molecular flexibility index (Phi) is 9.24. The highest BCUT2D eigenvalue weighted by molar-refractivity contribution is 6.33. The van der Waals surface area contributed by atoms with Crippen LogP contribution >= 0.6 is 11.6 Å². The molecule has 7 nitrogen and oxygen atoms in total. The van der Waals surface area contributed by atoms with Gasteiger partial charge in [0.15, 0.2) is 11.5 Å². The van der Waals surface area contributed by atoms with Gasteiger partial charge in [0.1, 0.15) is 5.82 Å². The van der Waals surface area contributed by atoms with Crippen molar-refractivity contribution in [3.05, 3.63) is 108 Å². The lowest BCUT2D eigenvalue weighted by Crippen LogP contribution is -2.46. The lowest BCUT2D eigenvalue weighted by Gasteiger charge is -2.41. The molecule has 2 aliphatic heterocycles. The second-order valence-electron chi connectivity index (χ2n) is 11.9. The van der Waals surface area contributed by atoms with Crippen LogP contribution in [-0.2, 0) is 6.42 Å². The summed E-state index contributed by atoms with van der Waals surface area (Å²) in [6.45, 7) is 20.7. The largest absolute Gasteiger partial charge is 0.372 e. The maximum Gasteiger partial charge on any atom is 0.180 e. The summed E-state index contributed by atoms with van der Waals surface area (Å²) in [4.78, 5) is 14.0. The summed E-state index contributed by atoms with van der Waals surface area (Å²) >= 11 is 6.51. The number of aryl methyl sites for hydroxylation is 2. The molecule has 0 radical (unpaired) electrons. The first-order valence-electron chi connectivity index (χ1n) is 15.7. The molecule has 0 saturated carbocycles. The number of fused-ring (bicyclic) bond motifs is 1. The van der Waals surface area contributed by atoms with Gasteiger partial charge in [0.05, 0.1) is 16.9 Å². The molecule has 2 aliphatic rings. The summed E-state index contributed by atoms with van der Waals surface area (Å²) in [6.07, 6.45) is 10.6. The molecular weight excluding hydrogens is 585 g/mol. The third-order valence-electron chi connectivity index (χ3n) is 9.16. The van der Waals surface area contributed by atoms with Crippen molar-refractivity contribution < 1.29 is 4.39 Å². The van der Waals surface area contributed by atoms with Crippen molar-refractivity contribution in [2.24, 2.45) is 5.92 Å². The molecule has 6 rings (SSSR count). The third kappa shape index (κ3) is 6.35. The van der Waals surface area contributed by atoms with Crippen LogP contribution in [0.5, 0.6) is 0 Å². The molecule has 2 fully saturated rings. The van der Waals surface area contributed by atoms with Crippen LogP contribution in [0.3, 0.4) is 0 Å². The van der Waals surface area contributed by atoms with Gasteiger partial charge in [-0.2, -0.15) is 0 Å². The number of piperazine rings is 1. The average molecular weight is 626 g/mol. The minimum atomic E-state index is -0.403. The molecule has 45 heavy (non-hydrogen) atoms. The Morgan fingerprint density at radius 2 is 1.84 bits per heavy atom. The average Bonchev–Trinajstić information content (AvgIpc) is 3.50. The molecule has 0 bridgehead atoms. The van der Waals surface area contributed by atoms with Crippen LogP contribution in [0.15, 0.2) is 80.4 Å². The van der Waals surface area contributed by atoms with Crippen molar-refractivity contribution >= 4 is 34.5 Å². The number of hydrogen-bond donors (Lipinski definition) is 2. The lowest BCUT2D eigenvalue weighted by atomic mass is 9.94. The second-order valence-corrected chi connectivity index (χ2v) is 12.3. The number of benzene rings is 2. The van der Waals surface area contributed by atoms with Crippen molar-refractivity contribution in [2.45, 2.75) is 32.6 Å². The van der Waals surface area contributed by atoms with Crippen LogP contribution in [0.1, 0.15) is 36.0 Å². The Morgan fingerprint density at radius 3 is 2.58 bits per heavy atom. The van der Waals surface area contributed by atoms with Gasteiger partial charge in [0.2, 0.25) is 0 Å². The van der Waals surface area contributed by atoms with E-state index in [1.807, 2.05) is 22.7 Å². The van der Waals surface area contributed by atoms with Crippen molar-refractivity contribution in [1.29, 1.82) is 0 Å². The second kappa shape index (κ2) is 13.5. The number of piperidine rings is 1. The van der Waals surface area contributed by atoms with Gasteiger partial charge >= 0.3 is 0 Å². The maximum absolute atomic E-state index is 15.1. The van der Waals surface area contributed by atoms with Crippen molar-refractivity contribution in [3.63, 3.8) is 0 Å². The quantitative estimate of drug-likeness (QED) is 0.178. The number of nitrogens with zero attached hydrogens (tertiary/aromatic N) is 5. The molecule has 2 aromatic carbocycles. The number of nitrogens with one attached hydrogen (secondary N) is 2. The Balaban J connectivity index is 1.14. The van der Waals surface area contributed by atoms with E-state index >= 15 is 4.39 Å². The molecule has 0 spiro atoms. The molecule has 0 atom stereocenters. The smallest absolute Gasteiger partial charge is 0.180 e. The van der Waals surface area contributed by atoms with Gasteiger partial charge in [-0.05, 0) is 69.0 Å². The van der Waals surface area contributed by atoms with Crippen LogP contribution in [-0.4, -0.2) is 63.4 Å². The number of imidazole rings is 1. The van der Waals surface area contributed by atoms with Gasteiger partial charge in [0.25, 0.3) is 0 Å². The summed E-state index contributed by atoms with van der Waals surface area (Å²) in [6, 6.07) is 9.91. The zero-order valence-corrected chi connectivity index (χ0v) is 26.7. The first-order chi connectivity index (χ1) is 21.9. The fourth-order valence-corrected chi connectivity index (χ4v) is 6.77. The Hall–Kier alpha value is -4.14. The number of allylic oxidation sites excluding steroid dienone is 2. The van der Waals surface area contributed by atoms with Gasteiger partial charge in [-0.3, -0.25) is 4.40 Å². The van der Waals surface area contributed by atoms with E-state index in [-0.39, 0.29) is 5.02 Å². The number of hydrogen-bond acceptors (Lipinski definition) is 6. The molecule has 234 valence electrons. The molecule has 2 N–H and O–H groups in total. The lowest BCUT2D eigenvalue weighted by molar-refractivity contribution is 0.189. The zero-order valence-electron chi connectivity index (χ0n) is 26.0. The van der Waals surface area contributed by atoms with Crippen molar-refractivity contribution in [2.75, 3.05) is 44.6 Å². The van der Waals surface area contributed by atoms with E-state index in [1.165, 1.54) is 18.5 Å². The van der Waals surface area contributed by atoms with Crippen molar-refractivity contribution in [1.82, 2.24) is 29.5 Å². The maximum atomic E-state index is 15.1. The van der Waals surface area contributed by atoms with Gasteiger partial charge in [-0.1, -0.05) is 49.0 Å². The topological polar surface area (TPSA) is 60.7 Å². The molecular formula is C36H41ClFN7. The van der Waals surface area contributed by atoms with Crippen molar-refractivity contribution in [3.8, 4) is 11.3 Å². The Bertz CT molecular complexity index is 1730. The predicted octanol–water partition coefficient (Wildman–Crippen LogP) is 7.46. The molecule has 4 heterocycles. The molecule has 9 heteroatoms. The Labute approximate surface area is 270 Å². The molecule has 2 saturated heterocycles. The highest BCUT2D eigenvalue weighted by atomic mass is 35.5. The number of anilines is 2. The standard InChI is InChI=1S/C36H41ClFN7/c1-5-6-7-28-8-10-31(33(37)34(28)38)32-23-41-36-35(40-16-17-45(32)36)42-29-9-11-30(24(2)22-29)26(4)44-20-18-43(19-21-44)25(3)27-12-14-39-15-13-27/h5,8-11,16-17,22-23,27,39H,1,3-4,6-7,12-15,18-21H2,2H3,(H,40,42). The summed E-state index contributed by atoms with van der Waals surface area (Å²) in [5.74, 6) is 0.788. The van der Waals surface area contributed by atoms with E-state index in [9.17, 15) is 0 Å². The molecule has 4 aromatic rings. The summed E-state index contributed by atoms with van der Waals surface area (Å²) in [7, 11) is 0. The normalized spacial score (nSPS) is 15.8. The summed E-state index contributed by atoms with van der Waals surface area (Å²) < 4.78 is 16.9. The van der Waals surface area contributed by atoms with Gasteiger partial charge in [-0.15, -0.1) is 6.58 Å². The van der Waals surface area contributed by atoms with E-state index in [0.29, 0.717) is 47.0 Å². The minimum Gasteiger partial charge on any atom is -0.372 e. The third-order valence-corrected chi connectivity index (χ3v) is 9.53. The van der Waals surface area contributed by atoms with E-state index in [0.717, 1.165) is 61.8 Å². The van der Waals surface area contributed by atoms with E-state index in [2.05, 4.69) is 69.2 Å². The number of halogens is 2. The Morgan fingerprint density at radius 1 is 1.09 bits per heavy atom. The molecule has 0 unspecified atom stereocenters. The summed E-state index contributed by atoms with van der Waals surface area (Å²) in [5, 5.41) is 6.97. The van der Waals surface area contributed by atoms with Crippen LogP contribution in [0.2, 0.25) is 5.02 Å². The molecule has 0 aliphatic carbocycles. The van der Waals surface area contributed by atoms with Crippen LogP contribution < -0.4 is 10.6 Å². The fourth-order valence-electron chi connectivity index (χ4n) is 6.49. The summed E-state index contributed by atoms with van der Waals surface area (Å²) in [5.41, 5.74) is 7.97. The monoisotopic (exact) mass is 625 g/mol. The minimum absolute atomic E-state index is 0.0873. The highest BCUT2D eigenvalue weighted by Gasteiger charge is 2.25.